The van der Waals surface area contributed by atoms with Crippen LogP contribution < -0.4 is 21.2 Å². The van der Waals surface area contributed by atoms with E-state index >= 15 is 4.39 Å². The van der Waals surface area contributed by atoms with Crippen LogP contribution in [0, 0.1) is 0 Å². The van der Waals surface area contributed by atoms with E-state index in [1.807, 2.05) is 0 Å². The quantitative estimate of drug-likeness (QED) is 0.114. The summed E-state index contributed by atoms with van der Waals surface area (Å²) in [5.41, 5.74) is -4.47. The number of hydrogen-bond acceptors (Lipinski definition) is 14. The Labute approximate surface area is 302 Å². The van der Waals surface area contributed by atoms with Crippen molar-refractivity contribution in [3.05, 3.63) is 87.5 Å². The Bertz CT molecular complexity index is 1910. The van der Waals surface area contributed by atoms with E-state index in [9.17, 15) is 38.8 Å². The molecule has 2 aromatic heterocycles. The summed E-state index contributed by atoms with van der Waals surface area (Å²) >= 11 is 0. The maximum atomic E-state index is 16.2. The lowest BCUT2D eigenvalue weighted by Gasteiger charge is -2.25. The largest absolute Gasteiger partial charge is 0.646 e. The molecule has 18 nitrogen and oxygen atoms in total. The van der Waals surface area contributed by atoms with E-state index in [1.54, 1.807) is 32.0 Å². The minimum atomic E-state index is -3.02. The number of aliphatic hydroxyl groups excluding tert-OH is 1. The summed E-state index contributed by atoms with van der Waals surface area (Å²) < 4.78 is 57.9. The van der Waals surface area contributed by atoms with Gasteiger partial charge in [-0.15, -0.1) is 9.19 Å². The molecular weight excluding hydrogens is 724 g/mol. The number of benzene rings is 1. The molecule has 3 aromatic rings. The second-order valence-corrected chi connectivity index (χ2v) is 13.4. The van der Waals surface area contributed by atoms with Crippen molar-refractivity contribution < 1.29 is 57.0 Å². The number of alkyl halides is 1. The van der Waals surface area contributed by atoms with Crippen LogP contribution in [0.15, 0.2) is 70.5 Å². The summed E-state index contributed by atoms with van der Waals surface area (Å²) in [5.74, 6) is -2.17. The van der Waals surface area contributed by atoms with Crippen LogP contribution in [0.25, 0.3) is 0 Å². The number of para-hydroxylation sites is 2. The summed E-state index contributed by atoms with van der Waals surface area (Å²) in [6, 6.07) is 8.91. The number of nitrogens with zero attached hydrogens (tertiary/aromatic N) is 4. The first-order chi connectivity index (χ1) is 25.1. The van der Waals surface area contributed by atoms with Gasteiger partial charge in [-0.05, 0) is 56.5 Å². The van der Waals surface area contributed by atoms with Gasteiger partial charge in [0.2, 0.25) is 0 Å². The summed E-state index contributed by atoms with van der Waals surface area (Å²) in [7, 11) is -1.93. The summed E-state index contributed by atoms with van der Waals surface area (Å²) in [4.78, 5) is 67.9. The van der Waals surface area contributed by atoms with Crippen LogP contribution in [-0.2, 0) is 50.8 Å². The number of ether oxygens (including phenoxy) is 4. The fraction of sp³-hybridized carbons (Fsp3) is 0.455. The molecule has 1 aliphatic heterocycles. The molecule has 20 heteroatoms. The van der Waals surface area contributed by atoms with Crippen LogP contribution in [0.3, 0.4) is 0 Å². The molecule has 1 aliphatic rings. The molecule has 53 heavy (non-hydrogen) atoms. The van der Waals surface area contributed by atoms with Gasteiger partial charge < -0.3 is 34.5 Å². The van der Waals surface area contributed by atoms with Crippen molar-refractivity contribution in [2.45, 2.75) is 83.1 Å². The van der Waals surface area contributed by atoms with E-state index in [-0.39, 0.29) is 17.9 Å². The number of esters is 2. The van der Waals surface area contributed by atoms with E-state index in [2.05, 4.69) is 15.0 Å². The molecule has 0 radical (unpaired) electrons. The highest BCUT2D eigenvalue weighted by atomic mass is 31.1. The zero-order valence-electron chi connectivity index (χ0n) is 29.4. The lowest BCUT2D eigenvalue weighted by Crippen LogP contribution is -2.48. The van der Waals surface area contributed by atoms with Crippen molar-refractivity contribution in [3.63, 3.8) is 0 Å². The Morgan fingerprint density at radius 2 is 1.81 bits per heavy atom. The number of pyridine rings is 1. The predicted molar refractivity (Wildman–Crippen MR) is 183 cm³/mol. The summed E-state index contributed by atoms with van der Waals surface area (Å²) in [5, 5.41) is 23.7. The second-order valence-electron chi connectivity index (χ2n) is 12.2. The molecule has 3 N–H and O–H groups in total. The van der Waals surface area contributed by atoms with Crippen LogP contribution in [0.1, 0.15) is 39.6 Å². The van der Waals surface area contributed by atoms with E-state index in [0.29, 0.717) is 14.8 Å². The third-order valence-corrected chi connectivity index (χ3v) is 9.30. The van der Waals surface area contributed by atoms with Crippen LogP contribution in [0.4, 0.5) is 14.9 Å². The molecule has 286 valence electrons. The number of aromatic hydroxyl groups is 1. The Balaban J connectivity index is 1.51. The number of methoxy groups -OCH3 is 1. The van der Waals surface area contributed by atoms with Gasteiger partial charge in [0, 0.05) is 30.6 Å². The molecule has 1 amide bonds. The molecule has 1 aromatic carbocycles. The topological polar surface area (TPSA) is 227 Å². The SMILES string of the molecule is COC(=O)N[C@@H](Cc1ccccn1)C(=O)OCn1c(=O)ccn([C@@H]2O[C@H](CO[P+](=O)N(c3ccccc3O)[C@@H](C)C(=O)OC(C)C)[C@@H](O)[C@@]2(C)F)c1=O. The Morgan fingerprint density at radius 1 is 1.11 bits per heavy atom. The van der Waals surface area contributed by atoms with Crippen LogP contribution in [0.5, 0.6) is 5.75 Å². The lowest BCUT2D eigenvalue weighted by molar-refractivity contribution is -0.150. The molecule has 1 saturated heterocycles. The van der Waals surface area contributed by atoms with E-state index < -0.39 is 93.1 Å². The number of alkyl carbamates (subject to hydrolysis) is 1. The monoisotopic (exact) mass is 764 g/mol. The number of phenols is 1. The normalized spacial score (nSPS) is 21.0. The fourth-order valence-electron chi connectivity index (χ4n) is 5.26. The van der Waals surface area contributed by atoms with Gasteiger partial charge in [-0.2, -0.15) is 0 Å². The van der Waals surface area contributed by atoms with Gasteiger partial charge in [0.05, 0.1) is 13.2 Å². The molecule has 3 heterocycles. The number of anilines is 1. The molecule has 1 fully saturated rings. The zero-order valence-corrected chi connectivity index (χ0v) is 30.3. The van der Waals surface area contributed by atoms with E-state index in [4.69, 9.17) is 18.7 Å². The molecule has 1 unspecified atom stereocenters. The minimum Gasteiger partial charge on any atom is -0.506 e. The molecular formula is C33H40FN5O13P+. The van der Waals surface area contributed by atoms with Crippen molar-refractivity contribution in [2.24, 2.45) is 0 Å². The number of aliphatic hydroxyl groups is 1. The maximum absolute atomic E-state index is 16.2. The highest BCUT2D eigenvalue weighted by Crippen LogP contribution is 2.44. The smallest absolute Gasteiger partial charge is 0.506 e. The second kappa shape index (κ2) is 17.5. The van der Waals surface area contributed by atoms with Gasteiger partial charge in [-0.3, -0.25) is 14.3 Å². The van der Waals surface area contributed by atoms with E-state index in [1.165, 1.54) is 37.4 Å². The third-order valence-electron chi connectivity index (χ3n) is 8.02. The van der Waals surface area contributed by atoms with Gasteiger partial charge in [-0.1, -0.05) is 18.2 Å². The number of aromatic nitrogens is 3. The predicted octanol–water partition coefficient (Wildman–Crippen LogP) is 2.09. The molecule has 4 rings (SSSR count). The molecule has 0 aliphatic carbocycles. The van der Waals surface area contributed by atoms with Crippen LogP contribution >= 0.6 is 8.18 Å². The van der Waals surface area contributed by atoms with Crippen LogP contribution in [0.2, 0.25) is 0 Å². The molecule has 7 atom stereocenters. The summed E-state index contributed by atoms with van der Waals surface area (Å²) in [6.45, 7) is 3.86. The number of phenolic OH excluding ortho intramolecular Hbond substituents is 1. The highest BCUT2D eigenvalue weighted by molar-refractivity contribution is 7.41. The number of nitrogens with one attached hydrogen (secondary N) is 1. The minimum absolute atomic E-state index is 0.0402. The van der Waals surface area contributed by atoms with Crippen molar-refractivity contribution in [2.75, 3.05) is 18.4 Å². The number of hydrogen-bond donors (Lipinski definition) is 3. The van der Waals surface area contributed by atoms with Gasteiger partial charge in [-0.25, -0.2) is 28.1 Å². The Morgan fingerprint density at radius 3 is 2.45 bits per heavy atom. The number of rotatable bonds is 15. The Kier molecular flexibility index (Phi) is 13.4. The van der Waals surface area contributed by atoms with Gasteiger partial charge in [0.25, 0.3) is 5.56 Å². The number of halogens is 1. The first kappa shape index (κ1) is 40.5. The fourth-order valence-corrected chi connectivity index (χ4v) is 6.38. The van der Waals surface area contributed by atoms with Crippen molar-refractivity contribution in [1.82, 2.24) is 19.4 Å². The zero-order chi connectivity index (χ0) is 39.0. The maximum Gasteiger partial charge on any atom is 0.646 e. The van der Waals surface area contributed by atoms with Crippen molar-refractivity contribution in [1.29, 1.82) is 0 Å². The standard InChI is InChI=1S/C33H39FN5O13P/c1-19(2)51-28(43)20(3)39(23-11-6-7-12-24(23)40)53(47)50-17-25-27(42)33(4,34)30(52-25)37-15-13-26(41)38(32(37)46)18-49-29(44)22(36-31(45)48-5)16-21-10-8-9-14-35-21/h6-15,19-20,22,25,27,30,42H,16-18H2,1-5H3,(H-,36,40,45)/p+1/t20-,22-,25+,27+,30+,33+/m0/s1. The molecule has 0 bridgehead atoms. The first-order valence-electron chi connectivity index (χ1n) is 16.2. The van der Waals surface area contributed by atoms with Crippen LogP contribution in [-0.4, -0.2) is 92.1 Å². The van der Waals surface area contributed by atoms with Crippen molar-refractivity contribution >= 4 is 31.9 Å². The van der Waals surface area contributed by atoms with Gasteiger partial charge in [0.1, 0.15) is 36.3 Å². The summed E-state index contributed by atoms with van der Waals surface area (Å²) in [6.07, 6.45) is -4.59. The number of carbonyl (C=O) groups is 3. The average Bonchev–Trinajstić information content (AvgIpc) is 3.34. The third kappa shape index (κ3) is 9.61. The van der Waals surface area contributed by atoms with Gasteiger partial charge in [0.15, 0.2) is 24.7 Å². The number of amides is 1. The first-order valence-corrected chi connectivity index (χ1v) is 17.3. The van der Waals surface area contributed by atoms with E-state index in [0.717, 1.165) is 31.0 Å². The molecule has 0 saturated carbocycles. The number of carbonyl (C=O) groups excluding carboxylic acids is 3. The lowest BCUT2D eigenvalue weighted by atomic mass is 9.98. The van der Waals surface area contributed by atoms with Crippen molar-refractivity contribution in [3.8, 4) is 5.75 Å². The average molecular weight is 765 g/mol. The Hall–Kier alpha value is -5.23. The van der Waals surface area contributed by atoms with Gasteiger partial charge >= 0.3 is 31.9 Å². The highest BCUT2D eigenvalue weighted by Gasteiger charge is 2.56. The molecule has 0 spiro atoms.